The predicted molar refractivity (Wildman–Crippen MR) is 116 cm³/mol. The molecule has 0 aromatic heterocycles. The lowest BCUT2D eigenvalue weighted by Crippen LogP contribution is -2.31. The molecule has 0 aliphatic heterocycles. The highest BCUT2D eigenvalue weighted by molar-refractivity contribution is 5.94. The lowest BCUT2D eigenvalue weighted by Gasteiger charge is -2.11. The summed E-state index contributed by atoms with van der Waals surface area (Å²) in [5.41, 5.74) is 8.22. The number of nitrogens with two attached hydrogens (primary N) is 1. The third kappa shape index (κ3) is 7.00. The molecule has 0 radical (unpaired) electrons. The molecule has 0 saturated heterocycles. The summed E-state index contributed by atoms with van der Waals surface area (Å²) >= 11 is 0. The molecule has 0 spiro atoms. The normalized spacial score (nSPS) is 11.3. The first-order chi connectivity index (χ1) is 13.9. The maximum atomic E-state index is 12.2. The van der Waals surface area contributed by atoms with Crippen LogP contribution in [0.1, 0.15) is 15.9 Å². The Bertz CT molecular complexity index is 852. The number of likely N-dealkylation sites (N-methyl/N-ethyl adjacent to an activating group) is 1. The number of guanidine groups is 1. The molecule has 0 atom stereocenters. The number of nitrogens with one attached hydrogen (secondary N) is 2. The van der Waals surface area contributed by atoms with Crippen molar-refractivity contribution >= 4 is 17.6 Å². The molecular formula is C21H29N5O3. The molecular weight excluding hydrogens is 370 g/mol. The van der Waals surface area contributed by atoms with Gasteiger partial charge in [-0.2, -0.15) is 0 Å². The van der Waals surface area contributed by atoms with E-state index in [9.17, 15) is 4.79 Å². The van der Waals surface area contributed by atoms with E-state index >= 15 is 0 Å². The van der Waals surface area contributed by atoms with Gasteiger partial charge in [0.25, 0.3) is 5.91 Å². The number of carbonyl (C=O) groups is 1. The molecule has 0 aliphatic rings. The number of ether oxygens (including phenoxy) is 2. The topological polar surface area (TPSA) is 101 Å². The number of aliphatic imine (C=N–C) groups is 1. The summed E-state index contributed by atoms with van der Waals surface area (Å²) in [6.07, 6.45) is 0. The standard InChI is InChI=1S/C21H29N5O3/c1-26(2)11-10-23-20(27)16-7-5-6-15(12-16)14-24-21(22)25-17-8-9-18(28-3)19(13-17)29-4/h5-9,12-13H,10-11,14H2,1-4H3,(H,23,27)(H3,22,24,25). The van der Waals surface area contributed by atoms with E-state index in [1.807, 2.05) is 43.3 Å². The van der Waals surface area contributed by atoms with Crippen LogP contribution in [-0.4, -0.2) is 58.2 Å². The molecule has 4 N–H and O–H groups in total. The third-order valence-corrected chi connectivity index (χ3v) is 4.12. The van der Waals surface area contributed by atoms with E-state index < -0.39 is 0 Å². The van der Waals surface area contributed by atoms with Crippen LogP contribution in [0.15, 0.2) is 47.5 Å². The Morgan fingerprint density at radius 3 is 2.55 bits per heavy atom. The van der Waals surface area contributed by atoms with Gasteiger partial charge in [0.15, 0.2) is 17.5 Å². The van der Waals surface area contributed by atoms with Crippen LogP contribution in [-0.2, 0) is 6.54 Å². The summed E-state index contributed by atoms with van der Waals surface area (Å²) in [7, 11) is 7.08. The van der Waals surface area contributed by atoms with Crippen LogP contribution in [0.4, 0.5) is 5.69 Å². The lowest BCUT2D eigenvalue weighted by atomic mass is 10.1. The molecule has 29 heavy (non-hydrogen) atoms. The predicted octanol–water partition coefficient (Wildman–Crippen LogP) is 1.92. The van der Waals surface area contributed by atoms with Crippen molar-refractivity contribution < 1.29 is 14.3 Å². The Morgan fingerprint density at radius 2 is 1.86 bits per heavy atom. The number of amides is 1. The molecule has 0 fully saturated rings. The molecule has 8 nitrogen and oxygen atoms in total. The second-order valence-corrected chi connectivity index (χ2v) is 6.66. The second-order valence-electron chi connectivity index (χ2n) is 6.66. The number of hydrogen-bond acceptors (Lipinski definition) is 5. The fourth-order valence-corrected chi connectivity index (χ4v) is 2.58. The highest BCUT2D eigenvalue weighted by atomic mass is 16.5. The third-order valence-electron chi connectivity index (χ3n) is 4.12. The van der Waals surface area contributed by atoms with Crippen molar-refractivity contribution in [3.63, 3.8) is 0 Å². The van der Waals surface area contributed by atoms with E-state index in [0.717, 1.165) is 17.8 Å². The summed E-state index contributed by atoms with van der Waals surface area (Å²) in [6.45, 7) is 1.73. The quantitative estimate of drug-likeness (QED) is 0.440. The van der Waals surface area contributed by atoms with Crippen molar-refractivity contribution in [1.82, 2.24) is 10.2 Å². The van der Waals surface area contributed by atoms with Gasteiger partial charge in [-0.05, 0) is 43.9 Å². The molecule has 2 rings (SSSR count). The zero-order valence-corrected chi connectivity index (χ0v) is 17.4. The second kappa shape index (κ2) is 10.9. The number of rotatable bonds is 9. The van der Waals surface area contributed by atoms with Crippen molar-refractivity contribution in [3.8, 4) is 11.5 Å². The number of methoxy groups -OCH3 is 2. The maximum Gasteiger partial charge on any atom is 0.251 e. The minimum Gasteiger partial charge on any atom is -0.493 e. The fourth-order valence-electron chi connectivity index (χ4n) is 2.58. The molecule has 0 saturated carbocycles. The number of benzene rings is 2. The molecule has 0 heterocycles. The summed E-state index contributed by atoms with van der Waals surface area (Å²) in [5, 5.41) is 5.92. The van der Waals surface area contributed by atoms with Crippen LogP contribution in [0.25, 0.3) is 0 Å². The van der Waals surface area contributed by atoms with E-state index in [1.165, 1.54) is 0 Å². The summed E-state index contributed by atoms with van der Waals surface area (Å²) in [5.74, 6) is 1.39. The van der Waals surface area contributed by atoms with Gasteiger partial charge in [-0.25, -0.2) is 4.99 Å². The van der Waals surface area contributed by atoms with Crippen LogP contribution in [0.5, 0.6) is 11.5 Å². The van der Waals surface area contributed by atoms with Gasteiger partial charge in [0.1, 0.15) is 0 Å². The average molecular weight is 399 g/mol. The number of anilines is 1. The van der Waals surface area contributed by atoms with Crippen LogP contribution >= 0.6 is 0 Å². The molecule has 0 aliphatic carbocycles. The first-order valence-electron chi connectivity index (χ1n) is 9.23. The number of nitrogens with zero attached hydrogens (tertiary/aromatic N) is 2. The average Bonchev–Trinajstić information content (AvgIpc) is 2.72. The zero-order chi connectivity index (χ0) is 21.2. The molecule has 2 aromatic rings. The van der Waals surface area contributed by atoms with E-state index in [-0.39, 0.29) is 11.9 Å². The summed E-state index contributed by atoms with van der Waals surface area (Å²) in [6, 6.07) is 12.7. The molecule has 156 valence electrons. The summed E-state index contributed by atoms with van der Waals surface area (Å²) < 4.78 is 10.5. The number of hydrogen-bond donors (Lipinski definition) is 3. The highest BCUT2D eigenvalue weighted by Crippen LogP contribution is 2.29. The van der Waals surface area contributed by atoms with Crippen molar-refractivity contribution in [2.24, 2.45) is 10.7 Å². The molecule has 8 heteroatoms. The van der Waals surface area contributed by atoms with E-state index in [0.29, 0.717) is 30.2 Å². The largest absolute Gasteiger partial charge is 0.493 e. The minimum absolute atomic E-state index is 0.103. The first kappa shape index (κ1) is 22.0. The van der Waals surface area contributed by atoms with Gasteiger partial charge in [0.05, 0.1) is 20.8 Å². The lowest BCUT2D eigenvalue weighted by molar-refractivity contribution is 0.0951. The van der Waals surface area contributed by atoms with Crippen molar-refractivity contribution in [1.29, 1.82) is 0 Å². The van der Waals surface area contributed by atoms with Crippen LogP contribution < -0.4 is 25.8 Å². The van der Waals surface area contributed by atoms with Crippen molar-refractivity contribution in [3.05, 3.63) is 53.6 Å². The smallest absolute Gasteiger partial charge is 0.251 e. The van der Waals surface area contributed by atoms with Crippen molar-refractivity contribution in [2.45, 2.75) is 6.54 Å². The number of carbonyl (C=O) groups excluding carboxylic acids is 1. The van der Waals surface area contributed by atoms with Gasteiger partial charge in [-0.1, -0.05) is 12.1 Å². The zero-order valence-electron chi connectivity index (χ0n) is 17.4. The van der Waals surface area contributed by atoms with Gasteiger partial charge >= 0.3 is 0 Å². The van der Waals surface area contributed by atoms with Gasteiger partial charge in [0.2, 0.25) is 0 Å². The molecule has 0 bridgehead atoms. The van der Waals surface area contributed by atoms with Gasteiger partial charge in [0, 0.05) is 30.4 Å². The maximum absolute atomic E-state index is 12.2. The molecule has 2 aromatic carbocycles. The van der Waals surface area contributed by atoms with Gasteiger partial charge < -0.3 is 30.7 Å². The monoisotopic (exact) mass is 399 g/mol. The van der Waals surface area contributed by atoms with E-state index in [2.05, 4.69) is 15.6 Å². The Labute approximate surface area is 171 Å². The highest BCUT2D eigenvalue weighted by Gasteiger charge is 2.07. The van der Waals surface area contributed by atoms with Crippen LogP contribution in [0.3, 0.4) is 0 Å². The van der Waals surface area contributed by atoms with Crippen molar-refractivity contribution in [2.75, 3.05) is 46.7 Å². The first-order valence-corrected chi connectivity index (χ1v) is 9.23. The Morgan fingerprint density at radius 1 is 1.10 bits per heavy atom. The van der Waals surface area contributed by atoms with Crippen LogP contribution in [0.2, 0.25) is 0 Å². The van der Waals surface area contributed by atoms with Crippen LogP contribution in [0, 0.1) is 0 Å². The Kier molecular flexibility index (Phi) is 8.29. The molecule has 0 unspecified atom stereocenters. The van der Waals surface area contributed by atoms with E-state index in [1.54, 1.807) is 32.4 Å². The molecule has 1 amide bonds. The minimum atomic E-state index is -0.103. The van der Waals surface area contributed by atoms with Gasteiger partial charge in [-0.15, -0.1) is 0 Å². The fraction of sp³-hybridized carbons (Fsp3) is 0.333. The Hall–Kier alpha value is -3.26. The summed E-state index contributed by atoms with van der Waals surface area (Å²) in [4.78, 5) is 18.6. The van der Waals surface area contributed by atoms with E-state index in [4.69, 9.17) is 15.2 Å². The SMILES string of the molecule is COc1ccc(NC(N)=NCc2cccc(C(=O)NCCN(C)C)c2)cc1OC. The Balaban J connectivity index is 1.97. The van der Waals surface area contributed by atoms with Gasteiger partial charge in [-0.3, -0.25) is 4.79 Å².